The second-order valence-electron chi connectivity index (χ2n) is 6.97. The summed E-state index contributed by atoms with van der Waals surface area (Å²) < 4.78 is 27.9. The number of nitrogens with zero attached hydrogens (tertiary/aromatic N) is 5. The van der Waals surface area contributed by atoms with Crippen LogP contribution < -0.4 is 4.90 Å². The number of nitriles is 1. The molecule has 148 valence electrons. The van der Waals surface area contributed by atoms with Gasteiger partial charge < -0.3 is 14.8 Å². The summed E-state index contributed by atoms with van der Waals surface area (Å²) in [5.41, 5.74) is -0.251. The maximum Gasteiger partial charge on any atom is 0.256 e. The van der Waals surface area contributed by atoms with E-state index in [4.69, 9.17) is 5.26 Å². The molecule has 0 bridgehead atoms. The molecule has 0 saturated carbocycles. The second-order valence-corrected chi connectivity index (χ2v) is 6.97. The van der Waals surface area contributed by atoms with Gasteiger partial charge in [-0.25, -0.2) is 18.7 Å². The van der Waals surface area contributed by atoms with E-state index < -0.39 is 23.1 Å². The van der Waals surface area contributed by atoms with Crippen LogP contribution >= 0.6 is 0 Å². The quantitative estimate of drug-likeness (QED) is 0.735. The van der Waals surface area contributed by atoms with Gasteiger partial charge in [0.15, 0.2) is 5.82 Å². The van der Waals surface area contributed by atoms with E-state index in [9.17, 15) is 13.6 Å². The van der Waals surface area contributed by atoms with Crippen molar-refractivity contribution in [3.63, 3.8) is 0 Å². The third-order valence-electron chi connectivity index (χ3n) is 5.40. The number of benzene rings is 1. The number of rotatable bonds is 3. The number of hydrogen-bond donors (Lipinski definition) is 1. The number of anilines is 1. The minimum atomic E-state index is -1.10. The molecule has 0 aliphatic carbocycles. The number of halogens is 2. The first-order valence-corrected chi connectivity index (χ1v) is 9.19. The first-order chi connectivity index (χ1) is 14.0. The smallest absolute Gasteiger partial charge is 0.256 e. The zero-order valence-electron chi connectivity index (χ0n) is 15.7. The number of aromatic amines is 1. The lowest BCUT2D eigenvalue weighted by atomic mass is 10.0. The number of likely N-dealkylation sites (tertiary alicyclic amines) is 1. The van der Waals surface area contributed by atoms with E-state index >= 15 is 0 Å². The largest absolute Gasteiger partial charge is 0.356 e. The van der Waals surface area contributed by atoms with Crippen LogP contribution in [0.2, 0.25) is 0 Å². The third kappa shape index (κ3) is 3.27. The fraction of sp³-hybridized carbons (Fsp3) is 0.300. The Labute approximate surface area is 165 Å². The van der Waals surface area contributed by atoms with Gasteiger partial charge in [-0.1, -0.05) is 0 Å². The first-order valence-electron chi connectivity index (χ1n) is 9.19. The number of carbonyl (C=O) groups excluding carboxylic acids is 1. The molecule has 1 saturated heterocycles. The van der Waals surface area contributed by atoms with Crippen LogP contribution in [0.4, 0.5) is 14.6 Å². The molecule has 3 aromatic rings. The second kappa shape index (κ2) is 7.47. The lowest BCUT2D eigenvalue weighted by molar-refractivity contribution is 0.0708. The SMILES string of the molecule is CN(c1ncnc2[nH]ccc12)C1CCN(C(=O)c2ccc(F)c(C#N)c2F)CC1. The topological polar surface area (TPSA) is 88.9 Å². The van der Waals surface area contributed by atoms with Gasteiger partial charge in [-0.2, -0.15) is 5.26 Å². The molecule has 1 aliphatic heterocycles. The molecular formula is C20H18F2N6O. The number of nitrogens with one attached hydrogen (secondary N) is 1. The normalized spacial score (nSPS) is 14.8. The van der Waals surface area contributed by atoms with Crippen molar-refractivity contribution >= 4 is 22.8 Å². The molecule has 0 atom stereocenters. The summed E-state index contributed by atoms with van der Waals surface area (Å²) in [6.07, 6.45) is 4.66. The van der Waals surface area contributed by atoms with E-state index in [0.717, 1.165) is 29.0 Å². The van der Waals surface area contributed by atoms with Crippen LogP contribution in [-0.4, -0.2) is 51.9 Å². The minimum Gasteiger partial charge on any atom is -0.356 e. The van der Waals surface area contributed by atoms with Crippen LogP contribution in [0.5, 0.6) is 0 Å². The number of piperidine rings is 1. The highest BCUT2D eigenvalue weighted by Gasteiger charge is 2.29. The molecule has 0 radical (unpaired) electrons. The Balaban J connectivity index is 1.48. The molecule has 1 amide bonds. The number of carbonyl (C=O) groups is 1. The van der Waals surface area contributed by atoms with Crippen molar-refractivity contribution in [1.29, 1.82) is 5.26 Å². The summed E-state index contributed by atoms with van der Waals surface area (Å²) in [4.78, 5) is 28.0. The fourth-order valence-electron chi connectivity index (χ4n) is 3.76. The van der Waals surface area contributed by atoms with Crippen molar-refractivity contribution in [2.75, 3.05) is 25.0 Å². The zero-order valence-corrected chi connectivity index (χ0v) is 15.7. The van der Waals surface area contributed by atoms with E-state index in [-0.39, 0.29) is 11.6 Å². The van der Waals surface area contributed by atoms with Gasteiger partial charge in [-0.3, -0.25) is 4.79 Å². The van der Waals surface area contributed by atoms with Crippen molar-refractivity contribution in [2.24, 2.45) is 0 Å². The summed E-state index contributed by atoms with van der Waals surface area (Å²) in [7, 11) is 1.95. The highest BCUT2D eigenvalue weighted by atomic mass is 19.1. The van der Waals surface area contributed by atoms with Gasteiger partial charge in [0, 0.05) is 32.4 Å². The van der Waals surface area contributed by atoms with Gasteiger partial charge in [-0.05, 0) is 31.0 Å². The van der Waals surface area contributed by atoms with E-state index in [1.807, 2.05) is 19.3 Å². The lowest BCUT2D eigenvalue weighted by Gasteiger charge is -2.37. The predicted molar refractivity (Wildman–Crippen MR) is 102 cm³/mol. The van der Waals surface area contributed by atoms with E-state index in [2.05, 4.69) is 19.9 Å². The number of fused-ring (bicyclic) bond motifs is 1. The van der Waals surface area contributed by atoms with Gasteiger partial charge in [0.1, 0.15) is 35.2 Å². The number of aromatic nitrogens is 3. The van der Waals surface area contributed by atoms with Crippen molar-refractivity contribution in [2.45, 2.75) is 18.9 Å². The molecule has 0 unspecified atom stereocenters. The number of amides is 1. The predicted octanol–water partition coefficient (Wildman–Crippen LogP) is 2.85. The van der Waals surface area contributed by atoms with E-state index in [1.165, 1.54) is 17.3 Å². The average Bonchev–Trinajstić information content (AvgIpc) is 3.22. The molecule has 3 heterocycles. The summed E-state index contributed by atoms with van der Waals surface area (Å²) >= 11 is 0. The molecular weight excluding hydrogens is 378 g/mol. The number of H-pyrrole nitrogens is 1. The van der Waals surface area contributed by atoms with Crippen LogP contribution in [0.1, 0.15) is 28.8 Å². The Morgan fingerprint density at radius 2 is 2.03 bits per heavy atom. The molecule has 2 aromatic heterocycles. The monoisotopic (exact) mass is 396 g/mol. The van der Waals surface area contributed by atoms with Crippen molar-refractivity contribution < 1.29 is 13.6 Å². The van der Waals surface area contributed by atoms with Crippen molar-refractivity contribution in [1.82, 2.24) is 19.9 Å². The molecule has 1 fully saturated rings. The molecule has 9 heteroatoms. The highest BCUT2D eigenvalue weighted by Crippen LogP contribution is 2.27. The van der Waals surface area contributed by atoms with Crippen LogP contribution in [0.3, 0.4) is 0 Å². The molecule has 0 spiro atoms. The maximum absolute atomic E-state index is 14.3. The van der Waals surface area contributed by atoms with E-state index in [1.54, 1.807) is 0 Å². The first kappa shape index (κ1) is 18.8. The van der Waals surface area contributed by atoms with Crippen LogP contribution in [0, 0.1) is 23.0 Å². The highest BCUT2D eigenvalue weighted by molar-refractivity contribution is 5.95. The lowest BCUT2D eigenvalue weighted by Crippen LogP contribution is -2.46. The Morgan fingerprint density at radius 1 is 1.28 bits per heavy atom. The summed E-state index contributed by atoms with van der Waals surface area (Å²) in [6, 6.07) is 5.59. The van der Waals surface area contributed by atoms with Gasteiger partial charge in [0.2, 0.25) is 0 Å². The Morgan fingerprint density at radius 3 is 2.76 bits per heavy atom. The molecule has 29 heavy (non-hydrogen) atoms. The summed E-state index contributed by atoms with van der Waals surface area (Å²) in [6.45, 7) is 0.849. The van der Waals surface area contributed by atoms with Gasteiger partial charge in [0.25, 0.3) is 5.91 Å². The maximum atomic E-state index is 14.3. The Kier molecular flexibility index (Phi) is 4.84. The standard InChI is InChI=1S/C20H18F2N6O/c1-27(19-14-4-7-24-18(14)25-11-26-19)12-5-8-28(9-6-12)20(29)13-2-3-16(21)15(10-23)17(13)22/h2-4,7,11-12H,5-6,8-9H2,1H3,(H,24,25,26). The molecule has 1 aliphatic rings. The third-order valence-corrected chi connectivity index (χ3v) is 5.40. The van der Waals surface area contributed by atoms with Gasteiger partial charge >= 0.3 is 0 Å². The molecule has 1 N–H and O–H groups in total. The van der Waals surface area contributed by atoms with Gasteiger partial charge in [-0.15, -0.1) is 0 Å². The van der Waals surface area contributed by atoms with Crippen molar-refractivity contribution in [3.05, 3.63) is 53.5 Å². The van der Waals surface area contributed by atoms with Crippen LogP contribution in [-0.2, 0) is 0 Å². The molecule has 1 aromatic carbocycles. The zero-order chi connectivity index (χ0) is 20.5. The minimum absolute atomic E-state index is 0.153. The number of hydrogen-bond acceptors (Lipinski definition) is 5. The van der Waals surface area contributed by atoms with Gasteiger partial charge in [0.05, 0.1) is 10.9 Å². The molecule has 4 rings (SSSR count). The van der Waals surface area contributed by atoms with Crippen LogP contribution in [0.15, 0.2) is 30.7 Å². The average molecular weight is 396 g/mol. The fourth-order valence-corrected chi connectivity index (χ4v) is 3.76. The Hall–Kier alpha value is -3.54. The Bertz CT molecular complexity index is 1110. The molecule has 7 nitrogen and oxygen atoms in total. The summed E-state index contributed by atoms with van der Waals surface area (Å²) in [5.74, 6) is -1.80. The van der Waals surface area contributed by atoms with E-state index in [0.29, 0.717) is 25.9 Å². The van der Waals surface area contributed by atoms with Crippen LogP contribution in [0.25, 0.3) is 11.0 Å². The van der Waals surface area contributed by atoms with Crippen molar-refractivity contribution in [3.8, 4) is 6.07 Å². The summed E-state index contributed by atoms with van der Waals surface area (Å²) in [5, 5.41) is 9.83.